The number of primary sulfonamides is 1. The van der Waals surface area contributed by atoms with Crippen molar-refractivity contribution >= 4 is 21.8 Å². The lowest BCUT2D eigenvalue weighted by Crippen LogP contribution is -2.16. The van der Waals surface area contributed by atoms with Crippen LogP contribution in [-0.2, 0) is 10.0 Å². The van der Waals surface area contributed by atoms with Crippen LogP contribution in [0.3, 0.4) is 0 Å². The molecular weight excluding hydrogens is 382 g/mol. The Morgan fingerprint density at radius 3 is 2.52 bits per heavy atom. The predicted octanol–water partition coefficient (Wildman–Crippen LogP) is 3.32. The van der Waals surface area contributed by atoms with Crippen molar-refractivity contribution in [1.82, 2.24) is 9.55 Å². The number of nitrogens with zero attached hydrogens (tertiary/aromatic N) is 2. The van der Waals surface area contributed by atoms with E-state index in [1.165, 1.54) is 11.8 Å². The van der Waals surface area contributed by atoms with Crippen molar-refractivity contribution < 1.29 is 13.2 Å². The molecule has 0 aliphatic carbocycles. The van der Waals surface area contributed by atoms with Gasteiger partial charge < -0.3 is 4.74 Å². The molecule has 0 bridgehead atoms. The Morgan fingerprint density at radius 2 is 1.81 bits per heavy atom. The quantitative estimate of drug-likeness (QED) is 0.460. The molecule has 1 heterocycles. The molecule has 1 aromatic heterocycles. The number of nitrogens with two attached hydrogens (primary N) is 1. The van der Waals surface area contributed by atoms with Crippen LogP contribution in [0.2, 0.25) is 0 Å². The summed E-state index contributed by atoms with van der Waals surface area (Å²) in [4.78, 5) is 4.57. The standard InChI is InChI=1S/C19H21N3O3S2/c1-25-18-11-6-5-10-16(18)22-17(15-8-3-2-4-9-15)14-21-19(22)26-12-7-13-27(20,23)24/h2-6,8-11,14H,7,12-13H2,1H3,(H2,20,23,24). The Hall–Kier alpha value is -2.29. The van der Waals surface area contributed by atoms with E-state index in [0.717, 1.165) is 27.9 Å². The zero-order valence-corrected chi connectivity index (χ0v) is 16.5. The van der Waals surface area contributed by atoms with Crippen LogP contribution in [0.15, 0.2) is 66.0 Å². The highest BCUT2D eigenvalue weighted by Crippen LogP contribution is 2.33. The third kappa shape index (κ3) is 4.91. The molecule has 3 rings (SSSR count). The molecule has 0 aliphatic rings. The molecule has 0 saturated heterocycles. The molecule has 0 unspecified atom stereocenters. The average Bonchev–Trinajstić information content (AvgIpc) is 3.09. The highest BCUT2D eigenvalue weighted by molar-refractivity contribution is 7.99. The van der Waals surface area contributed by atoms with Crippen LogP contribution in [-0.4, -0.2) is 36.6 Å². The minimum atomic E-state index is -3.45. The minimum absolute atomic E-state index is 0.0408. The molecular formula is C19H21N3O3S2. The zero-order chi connectivity index (χ0) is 19.3. The van der Waals surface area contributed by atoms with Gasteiger partial charge in [-0.25, -0.2) is 18.5 Å². The van der Waals surface area contributed by atoms with Crippen molar-refractivity contribution in [2.75, 3.05) is 18.6 Å². The fourth-order valence-electron chi connectivity index (χ4n) is 2.72. The smallest absolute Gasteiger partial charge is 0.209 e. The number of benzene rings is 2. The van der Waals surface area contributed by atoms with Crippen LogP contribution < -0.4 is 9.88 Å². The zero-order valence-electron chi connectivity index (χ0n) is 14.9. The summed E-state index contributed by atoms with van der Waals surface area (Å²) in [6.45, 7) is 0. The summed E-state index contributed by atoms with van der Waals surface area (Å²) in [5, 5.41) is 5.85. The second-order valence-corrected chi connectivity index (χ2v) is 8.66. The number of thioether (sulfide) groups is 1. The Balaban J connectivity index is 1.98. The second kappa shape index (κ2) is 8.60. The molecule has 27 heavy (non-hydrogen) atoms. The molecule has 8 heteroatoms. The second-order valence-electron chi connectivity index (χ2n) is 5.87. The van der Waals surface area contributed by atoms with Crippen LogP contribution in [0.1, 0.15) is 6.42 Å². The van der Waals surface area contributed by atoms with E-state index in [2.05, 4.69) is 4.98 Å². The van der Waals surface area contributed by atoms with Crippen molar-refractivity contribution in [3.05, 3.63) is 60.8 Å². The van der Waals surface area contributed by atoms with Crippen LogP contribution in [0.5, 0.6) is 5.75 Å². The lowest BCUT2D eigenvalue weighted by atomic mass is 10.1. The van der Waals surface area contributed by atoms with Crippen LogP contribution >= 0.6 is 11.8 Å². The molecule has 0 fully saturated rings. The highest BCUT2D eigenvalue weighted by Gasteiger charge is 2.17. The van der Waals surface area contributed by atoms with Crippen molar-refractivity contribution in [1.29, 1.82) is 0 Å². The van der Waals surface area contributed by atoms with E-state index in [-0.39, 0.29) is 5.75 Å². The van der Waals surface area contributed by atoms with Crippen molar-refractivity contribution in [2.45, 2.75) is 11.6 Å². The van der Waals surface area contributed by atoms with Gasteiger partial charge in [-0.2, -0.15) is 0 Å². The lowest BCUT2D eigenvalue weighted by Gasteiger charge is -2.15. The highest BCUT2D eigenvalue weighted by atomic mass is 32.2. The summed E-state index contributed by atoms with van der Waals surface area (Å²) >= 11 is 1.49. The molecule has 6 nitrogen and oxygen atoms in total. The van der Waals surface area contributed by atoms with Gasteiger partial charge in [-0.1, -0.05) is 54.2 Å². The largest absolute Gasteiger partial charge is 0.495 e. The Bertz CT molecular complexity index is 1000. The number of imidazole rings is 1. The molecule has 0 aliphatic heterocycles. The molecule has 0 atom stereocenters. The SMILES string of the molecule is COc1ccccc1-n1c(-c2ccccc2)cnc1SCCCS(N)(=O)=O. The third-order valence-electron chi connectivity index (χ3n) is 3.93. The van der Waals surface area contributed by atoms with Gasteiger partial charge in [0.2, 0.25) is 10.0 Å². The summed E-state index contributed by atoms with van der Waals surface area (Å²) in [5.74, 6) is 1.29. The first-order chi connectivity index (χ1) is 13.0. The fourth-order valence-corrected chi connectivity index (χ4v) is 4.37. The average molecular weight is 404 g/mol. The van der Waals surface area contributed by atoms with E-state index in [4.69, 9.17) is 9.88 Å². The number of hydrogen-bond acceptors (Lipinski definition) is 5. The summed E-state index contributed by atoms with van der Waals surface area (Å²) in [7, 11) is -1.81. The number of aromatic nitrogens is 2. The first-order valence-corrected chi connectivity index (χ1v) is 11.1. The molecule has 0 radical (unpaired) electrons. The first kappa shape index (κ1) is 19.5. The maximum Gasteiger partial charge on any atom is 0.209 e. The van der Waals surface area contributed by atoms with Crippen molar-refractivity contribution in [3.8, 4) is 22.7 Å². The van der Waals surface area contributed by atoms with Gasteiger partial charge in [0.05, 0.1) is 30.4 Å². The van der Waals surface area contributed by atoms with E-state index in [1.54, 1.807) is 7.11 Å². The summed E-state index contributed by atoms with van der Waals surface area (Å²) in [6.07, 6.45) is 2.28. The van der Waals surface area contributed by atoms with E-state index >= 15 is 0 Å². The topological polar surface area (TPSA) is 87.2 Å². The third-order valence-corrected chi connectivity index (χ3v) is 5.83. The van der Waals surface area contributed by atoms with Crippen molar-refractivity contribution in [3.63, 3.8) is 0 Å². The summed E-state index contributed by atoms with van der Waals surface area (Å²) < 4.78 is 29.8. The number of para-hydroxylation sites is 2. The molecule has 142 valence electrons. The van der Waals surface area contributed by atoms with Gasteiger partial charge in [0, 0.05) is 11.3 Å². The Labute approximate surface area is 163 Å². The molecule has 0 saturated carbocycles. The normalized spacial score (nSPS) is 11.5. The number of sulfonamides is 1. The summed E-state index contributed by atoms with van der Waals surface area (Å²) in [6, 6.07) is 17.7. The fraction of sp³-hybridized carbons (Fsp3) is 0.211. The minimum Gasteiger partial charge on any atom is -0.495 e. The number of ether oxygens (including phenoxy) is 1. The molecule has 2 aromatic carbocycles. The summed E-state index contributed by atoms with van der Waals surface area (Å²) in [5.41, 5.74) is 2.85. The lowest BCUT2D eigenvalue weighted by molar-refractivity contribution is 0.412. The van der Waals surface area contributed by atoms with Gasteiger partial charge in [-0.15, -0.1) is 0 Å². The van der Waals surface area contributed by atoms with Gasteiger partial charge in [-0.05, 0) is 18.6 Å². The van der Waals surface area contributed by atoms with Crippen molar-refractivity contribution in [2.24, 2.45) is 5.14 Å². The maximum absolute atomic E-state index is 11.1. The van der Waals surface area contributed by atoms with E-state index < -0.39 is 10.0 Å². The van der Waals surface area contributed by atoms with E-state index in [1.807, 2.05) is 65.4 Å². The van der Waals surface area contributed by atoms with Gasteiger partial charge in [0.15, 0.2) is 5.16 Å². The maximum atomic E-state index is 11.1. The van der Waals surface area contributed by atoms with E-state index in [9.17, 15) is 8.42 Å². The molecule has 0 amide bonds. The van der Waals surface area contributed by atoms with Gasteiger partial charge in [0.25, 0.3) is 0 Å². The molecule has 0 spiro atoms. The monoisotopic (exact) mass is 403 g/mol. The van der Waals surface area contributed by atoms with E-state index in [0.29, 0.717) is 12.2 Å². The predicted molar refractivity (Wildman–Crippen MR) is 109 cm³/mol. The van der Waals surface area contributed by atoms with Gasteiger partial charge in [0.1, 0.15) is 5.75 Å². The number of rotatable bonds is 8. The molecule has 3 aromatic rings. The number of hydrogen-bond donors (Lipinski definition) is 1. The van der Waals surface area contributed by atoms with Gasteiger partial charge in [-0.3, -0.25) is 4.57 Å². The van der Waals surface area contributed by atoms with Crippen LogP contribution in [0.25, 0.3) is 16.9 Å². The molecule has 2 N–H and O–H groups in total. The number of methoxy groups -OCH3 is 1. The van der Waals surface area contributed by atoms with Crippen LogP contribution in [0, 0.1) is 0 Å². The van der Waals surface area contributed by atoms with Crippen LogP contribution in [0.4, 0.5) is 0 Å². The van der Waals surface area contributed by atoms with Gasteiger partial charge >= 0.3 is 0 Å². The first-order valence-electron chi connectivity index (χ1n) is 8.39. The Kier molecular flexibility index (Phi) is 6.20. The Morgan fingerprint density at radius 1 is 1.11 bits per heavy atom.